The van der Waals surface area contributed by atoms with Gasteiger partial charge in [0.2, 0.25) is 0 Å². The Morgan fingerprint density at radius 1 is 1.05 bits per heavy atom. The third-order valence-electron chi connectivity index (χ3n) is 6.92. The fourth-order valence-corrected chi connectivity index (χ4v) is 5.34. The zero-order valence-corrected chi connectivity index (χ0v) is 20.5. The normalized spacial score (nSPS) is 16.0. The molecule has 1 atom stereocenters. The largest absolute Gasteiger partial charge is 0.444 e. The van der Waals surface area contributed by atoms with Crippen molar-refractivity contribution in [3.63, 3.8) is 0 Å². The van der Waals surface area contributed by atoms with E-state index in [9.17, 15) is 9.59 Å². The molecule has 2 aromatic carbocycles. The van der Waals surface area contributed by atoms with Gasteiger partial charge in [0.25, 0.3) is 5.56 Å². The Kier molecular flexibility index (Phi) is 5.11. The summed E-state index contributed by atoms with van der Waals surface area (Å²) < 4.78 is 8.42. The van der Waals surface area contributed by atoms with Gasteiger partial charge < -0.3 is 14.3 Å². The van der Waals surface area contributed by atoms with Crippen LogP contribution in [0.2, 0.25) is 5.02 Å². The smallest absolute Gasteiger partial charge is 0.411 e. The standard InChI is InChI=1S/C26H19ClN8O3/c27-17-2-5-22(34-13-29-32-33-34)19(10-17)15-8-18-3-6-23(35(18)24(36)9-15)25-28-11-21(30-25)14-1-4-20-16(7-14)12-38-26(37)31-20/h1-2,4-5,7-11,13,23H,3,6,12H2,(H,28,30)(H,31,37). The highest BCUT2D eigenvalue weighted by Gasteiger charge is 2.28. The zero-order chi connectivity index (χ0) is 25.8. The molecule has 0 bridgehead atoms. The number of nitrogens with one attached hydrogen (secondary N) is 2. The van der Waals surface area contributed by atoms with Gasteiger partial charge >= 0.3 is 6.09 Å². The third-order valence-corrected chi connectivity index (χ3v) is 7.16. The van der Waals surface area contributed by atoms with Gasteiger partial charge in [0.15, 0.2) is 0 Å². The molecule has 5 aromatic rings. The Morgan fingerprint density at radius 2 is 1.97 bits per heavy atom. The number of hydrogen-bond acceptors (Lipinski definition) is 7. The molecule has 188 valence electrons. The maximum Gasteiger partial charge on any atom is 0.411 e. The third kappa shape index (κ3) is 3.75. The first-order valence-electron chi connectivity index (χ1n) is 11.9. The first-order chi connectivity index (χ1) is 18.5. The van der Waals surface area contributed by atoms with Crippen molar-refractivity contribution in [2.24, 2.45) is 0 Å². The molecule has 2 aliphatic heterocycles. The average molecular weight is 527 g/mol. The van der Waals surface area contributed by atoms with Crippen LogP contribution in [0.3, 0.4) is 0 Å². The number of imidazole rings is 1. The molecule has 0 saturated heterocycles. The monoisotopic (exact) mass is 526 g/mol. The van der Waals surface area contributed by atoms with E-state index in [1.54, 1.807) is 27.6 Å². The van der Waals surface area contributed by atoms with Crippen LogP contribution in [-0.2, 0) is 17.8 Å². The summed E-state index contributed by atoms with van der Waals surface area (Å²) in [7, 11) is 0. The number of anilines is 1. The van der Waals surface area contributed by atoms with Crippen LogP contribution in [0, 0.1) is 0 Å². The van der Waals surface area contributed by atoms with Crippen LogP contribution in [0.15, 0.2) is 65.8 Å². The Bertz CT molecular complexity index is 1780. The van der Waals surface area contributed by atoms with Crippen LogP contribution >= 0.6 is 11.6 Å². The minimum atomic E-state index is -0.454. The summed E-state index contributed by atoms with van der Waals surface area (Å²) in [6, 6.07) is 14.5. The van der Waals surface area contributed by atoms with E-state index in [-0.39, 0.29) is 18.2 Å². The second-order valence-electron chi connectivity index (χ2n) is 9.17. The van der Waals surface area contributed by atoms with Gasteiger partial charge in [-0.15, -0.1) is 5.10 Å². The van der Waals surface area contributed by atoms with E-state index >= 15 is 0 Å². The van der Waals surface area contributed by atoms with Gasteiger partial charge in [-0.3, -0.25) is 10.1 Å². The number of halogens is 1. The second kappa shape index (κ2) is 8.67. The number of fused-ring (bicyclic) bond motifs is 2. The minimum absolute atomic E-state index is 0.123. The maximum atomic E-state index is 13.4. The Hall–Kier alpha value is -4.77. The molecule has 2 N–H and O–H groups in total. The predicted molar refractivity (Wildman–Crippen MR) is 138 cm³/mol. The van der Waals surface area contributed by atoms with Crippen LogP contribution in [0.25, 0.3) is 28.1 Å². The number of pyridine rings is 1. The number of cyclic esters (lactones) is 1. The number of amides is 1. The minimum Gasteiger partial charge on any atom is -0.444 e. The Balaban J connectivity index is 1.23. The molecule has 7 rings (SSSR count). The number of aryl methyl sites for hydroxylation is 1. The van der Waals surface area contributed by atoms with Gasteiger partial charge in [-0.1, -0.05) is 17.7 Å². The number of H-pyrrole nitrogens is 1. The summed E-state index contributed by atoms with van der Waals surface area (Å²) in [5.74, 6) is 0.716. The summed E-state index contributed by atoms with van der Waals surface area (Å²) in [6.45, 7) is 0.214. The van der Waals surface area contributed by atoms with E-state index in [0.29, 0.717) is 10.8 Å². The molecular formula is C26H19ClN8O3. The van der Waals surface area contributed by atoms with E-state index in [4.69, 9.17) is 16.3 Å². The van der Waals surface area contributed by atoms with Crippen LogP contribution in [0.1, 0.15) is 29.5 Å². The highest BCUT2D eigenvalue weighted by atomic mass is 35.5. The summed E-state index contributed by atoms with van der Waals surface area (Å²) in [5.41, 5.74) is 6.39. The zero-order valence-electron chi connectivity index (χ0n) is 19.8. The molecule has 1 amide bonds. The van der Waals surface area contributed by atoms with E-state index in [1.807, 2.05) is 36.4 Å². The molecule has 5 heterocycles. The summed E-state index contributed by atoms with van der Waals surface area (Å²) in [4.78, 5) is 32.9. The number of tetrazole rings is 1. The average Bonchev–Trinajstić information content (AvgIpc) is 3.69. The lowest BCUT2D eigenvalue weighted by atomic mass is 10.0. The topological polar surface area (TPSA) is 133 Å². The van der Waals surface area contributed by atoms with E-state index in [2.05, 4.69) is 30.8 Å². The number of aromatic nitrogens is 7. The number of aromatic amines is 1. The van der Waals surface area contributed by atoms with E-state index in [0.717, 1.165) is 57.9 Å². The van der Waals surface area contributed by atoms with Crippen molar-refractivity contribution in [3.05, 3.63) is 93.5 Å². The van der Waals surface area contributed by atoms with Gasteiger partial charge in [0.1, 0.15) is 18.8 Å². The van der Waals surface area contributed by atoms with Crippen molar-refractivity contribution in [1.29, 1.82) is 0 Å². The van der Waals surface area contributed by atoms with Crippen molar-refractivity contribution in [2.75, 3.05) is 5.32 Å². The van der Waals surface area contributed by atoms with Crippen LogP contribution < -0.4 is 10.9 Å². The SMILES string of the molecule is O=C1Nc2ccc(-c3cnc(C4CCc5cc(-c6cc(Cl)ccc6-n6cnnn6)cc(=O)n54)[nH]3)cc2CO1. The summed E-state index contributed by atoms with van der Waals surface area (Å²) in [6.07, 6.45) is 4.28. The van der Waals surface area contributed by atoms with Crippen LogP contribution in [-0.4, -0.2) is 40.8 Å². The molecule has 0 saturated carbocycles. The highest BCUT2D eigenvalue weighted by Crippen LogP contribution is 2.35. The first kappa shape index (κ1) is 22.4. The lowest BCUT2D eigenvalue weighted by molar-refractivity contribution is 0.151. The van der Waals surface area contributed by atoms with Crippen molar-refractivity contribution < 1.29 is 9.53 Å². The van der Waals surface area contributed by atoms with Gasteiger partial charge in [-0.25, -0.2) is 9.78 Å². The molecule has 0 fully saturated rings. The molecule has 0 radical (unpaired) electrons. The Labute approximate surface area is 220 Å². The van der Waals surface area contributed by atoms with Gasteiger partial charge in [0.05, 0.1) is 29.3 Å². The van der Waals surface area contributed by atoms with Crippen molar-refractivity contribution >= 4 is 23.4 Å². The number of carbonyl (C=O) groups excluding carboxylic acids is 1. The number of hydrogen-bond donors (Lipinski definition) is 2. The lowest BCUT2D eigenvalue weighted by Gasteiger charge is -2.17. The van der Waals surface area contributed by atoms with Gasteiger partial charge in [-0.2, -0.15) is 4.68 Å². The lowest BCUT2D eigenvalue weighted by Crippen LogP contribution is -2.23. The summed E-state index contributed by atoms with van der Waals surface area (Å²) in [5, 5.41) is 14.7. The molecule has 0 aliphatic carbocycles. The molecule has 38 heavy (non-hydrogen) atoms. The Morgan fingerprint density at radius 3 is 2.84 bits per heavy atom. The maximum absolute atomic E-state index is 13.4. The molecule has 2 aliphatic rings. The molecule has 11 nitrogen and oxygen atoms in total. The number of ether oxygens (including phenoxy) is 1. The van der Waals surface area contributed by atoms with Crippen molar-refractivity contribution in [1.82, 2.24) is 34.7 Å². The number of benzene rings is 2. The van der Waals surface area contributed by atoms with Crippen LogP contribution in [0.4, 0.5) is 10.5 Å². The van der Waals surface area contributed by atoms with Crippen molar-refractivity contribution in [2.45, 2.75) is 25.5 Å². The summed E-state index contributed by atoms with van der Waals surface area (Å²) >= 11 is 6.30. The first-order valence-corrected chi connectivity index (χ1v) is 12.3. The molecule has 3 aromatic heterocycles. The van der Waals surface area contributed by atoms with Gasteiger partial charge in [-0.05, 0) is 65.2 Å². The second-order valence-corrected chi connectivity index (χ2v) is 9.61. The van der Waals surface area contributed by atoms with E-state index < -0.39 is 6.09 Å². The number of nitrogens with zero attached hydrogens (tertiary/aromatic N) is 6. The van der Waals surface area contributed by atoms with Crippen LogP contribution in [0.5, 0.6) is 0 Å². The fourth-order valence-electron chi connectivity index (χ4n) is 5.16. The molecular weight excluding hydrogens is 508 g/mol. The molecule has 0 spiro atoms. The highest BCUT2D eigenvalue weighted by molar-refractivity contribution is 6.31. The van der Waals surface area contributed by atoms with Gasteiger partial charge in [0, 0.05) is 33.5 Å². The number of rotatable bonds is 4. The fraction of sp³-hybridized carbons (Fsp3) is 0.154. The van der Waals surface area contributed by atoms with E-state index in [1.165, 1.54) is 6.33 Å². The van der Waals surface area contributed by atoms with Crippen molar-refractivity contribution in [3.8, 4) is 28.1 Å². The molecule has 1 unspecified atom stereocenters. The predicted octanol–water partition coefficient (Wildman–Crippen LogP) is 4.13. The molecule has 12 heteroatoms. The quantitative estimate of drug-likeness (QED) is 0.359. The number of carbonyl (C=O) groups is 1.